The Morgan fingerprint density at radius 3 is 2.61 bits per heavy atom. The number of rotatable bonds is 4. The molecule has 7 heteroatoms. The van der Waals surface area contributed by atoms with Crippen LogP contribution in [-0.2, 0) is 9.53 Å². The van der Waals surface area contributed by atoms with Crippen molar-refractivity contribution in [2.75, 3.05) is 5.32 Å². The second-order valence-corrected chi connectivity index (χ2v) is 6.78. The predicted molar refractivity (Wildman–Crippen MR) is 106 cm³/mol. The zero-order valence-corrected chi connectivity index (χ0v) is 16.3. The summed E-state index contributed by atoms with van der Waals surface area (Å²) in [6.45, 7) is 4.99. The number of carbonyl (C=O) groups is 2. The Balaban J connectivity index is 1.79. The molecule has 0 spiro atoms. The van der Waals surface area contributed by atoms with Gasteiger partial charge >= 0.3 is 5.97 Å². The van der Waals surface area contributed by atoms with Crippen molar-refractivity contribution in [1.82, 2.24) is 4.98 Å². The fraction of sp³-hybridized carbons (Fsp3) is 0.190. The minimum absolute atomic E-state index is 0.0531. The number of esters is 1. The van der Waals surface area contributed by atoms with E-state index < -0.39 is 23.8 Å². The molecule has 0 saturated carbocycles. The normalized spacial score (nSPS) is 11.9. The van der Waals surface area contributed by atoms with E-state index in [0.29, 0.717) is 11.3 Å². The lowest BCUT2D eigenvalue weighted by molar-refractivity contribution is -0.123. The molecule has 0 aliphatic heterocycles. The summed E-state index contributed by atoms with van der Waals surface area (Å²) < 4.78 is 18.5. The Kier molecular flexibility index (Phi) is 5.61. The number of carbonyl (C=O) groups excluding carboxylic acids is 2. The third kappa shape index (κ3) is 3.97. The lowest BCUT2D eigenvalue weighted by atomic mass is 10.0. The van der Waals surface area contributed by atoms with Crippen LogP contribution in [0.25, 0.3) is 10.9 Å². The molecule has 28 heavy (non-hydrogen) atoms. The van der Waals surface area contributed by atoms with E-state index in [-0.39, 0.29) is 10.7 Å². The molecule has 3 rings (SSSR count). The van der Waals surface area contributed by atoms with Crippen LogP contribution in [0.3, 0.4) is 0 Å². The average Bonchev–Trinajstić information content (AvgIpc) is 2.63. The first-order valence-electron chi connectivity index (χ1n) is 8.60. The fourth-order valence-corrected chi connectivity index (χ4v) is 3.14. The third-order valence-corrected chi connectivity index (χ3v) is 4.69. The topological polar surface area (TPSA) is 68.3 Å². The highest BCUT2D eigenvalue weighted by Crippen LogP contribution is 2.25. The van der Waals surface area contributed by atoms with Gasteiger partial charge in [-0.2, -0.15) is 0 Å². The van der Waals surface area contributed by atoms with Gasteiger partial charge in [-0.25, -0.2) is 9.18 Å². The number of amides is 1. The summed E-state index contributed by atoms with van der Waals surface area (Å²) in [6.07, 6.45) is -1.08. The summed E-state index contributed by atoms with van der Waals surface area (Å²) in [4.78, 5) is 29.5. The molecule has 0 aliphatic rings. The van der Waals surface area contributed by atoms with Crippen molar-refractivity contribution in [3.63, 3.8) is 0 Å². The largest absolute Gasteiger partial charge is 0.449 e. The number of nitrogens with zero attached hydrogens (tertiary/aromatic N) is 1. The molecule has 0 saturated heterocycles. The first-order valence-corrected chi connectivity index (χ1v) is 8.98. The number of ether oxygens (including phenoxy) is 1. The summed E-state index contributed by atoms with van der Waals surface area (Å²) in [5.41, 5.74) is 2.61. The van der Waals surface area contributed by atoms with Crippen molar-refractivity contribution >= 4 is 40.1 Å². The van der Waals surface area contributed by atoms with Crippen LogP contribution >= 0.6 is 11.6 Å². The number of para-hydroxylation sites is 1. The molecular formula is C21H18ClFN2O3. The van der Waals surface area contributed by atoms with E-state index in [4.69, 9.17) is 16.3 Å². The monoisotopic (exact) mass is 400 g/mol. The quantitative estimate of drug-likeness (QED) is 0.637. The Hall–Kier alpha value is -2.99. The van der Waals surface area contributed by atoms with Gasteiger partial charge in [0, 0.05) is 5.39 Å². The van der Waals surface area contributed by atoms with Crippen molar-refractivity contribution in [3.8, 4) is 0 Å². The first-order chi connectivity index (χ1) is 13.3. The zero-order chi connectivity index (χ0) is 20.4. The highest BCUT2D eigenvalue weighted by atomic mass is 35.5. The van der Waals surface area contributed by atoms with Crippen molar-refractivity contribution in [1.29, 1.82) is 0 Å². The smallest absolute Gasteiger partial charge is 0.341 e. The summed E-state index contributed by atoms with van der Waals surface area (Å²) in [5, 5.41) is 3.42. The molecule has 3 aromatic rings. The van der Waals surface area contributed by atoms with E-state index in [1.54, 1.807) is 6.92 Å². The number of fused-ring (bicyclic) bond motifs is 1. The lowest BCUT2D eigenvalue weighted by Gasteiger charge is -2.16. The predicted octanol–water partition coefficient (Wildman–Crippen LogP) is 4.83. The molecule has 1 atom stereocenters. The van der Waals surface area contributed by atoms with E-state index in [0.717, 1.165) is 22.5 Å². The number of anilines is 1. The van der Waals surface area contributed by atoms with Gasteiger partial charge in [0.15, 0.2) is 6.10 Å². The summed E-state index contributed by atoms with van der Waals surface area (Å²) >= 11 is 5.91. The van der Waals surface area contributed by atoms with Crippen molar-refractivity contribution < 1.29 is 18.7 Å². The summed E-state index contributed by atoms with van der Waals surface area (Å²) in [6, 6.07) is 11.1. The minimum atomic E-state index is -1.08. The van der Waals surface area contributed by atoms with E-state index in [9.17, 15) is 14.0 Å². The molecule has 1 amide bonds. The number of benzene rings is 2. The maximum atomic E-state index is 13.1. The van der Waals surface area contributed by atoms with Gasteiger partial charge in [0.1, 0.15) is 5.82 Å². The molecule has 0 radical (unpaired) electrons. The standard InChI is InChI=1S/C21H18ClFN2O3/c1-11-15-6-4-5-7-17(15)24-12(2)19(11)21(27)28-13(3)20(26)25-18-9-8-14(23)10-16(18)22/h4-10,13H,1-3H3,(H,25,26). The molecule has 0 bridgehead atoms. The number of pyridine rings is 1. The Morgan fingerprint density at radius 2 is 1.89 bits per heavy atom. The number of nitrogens with one attached hydrogen (secondary N) is 1. The van der Waals surface area contributed by atoms with Gasteiger partial charge in [-0.3, -0.25) is 9.78 Å². The second-order valence-electron chi connectivity index (χ2n) is 6.38. The van der Waals surface area contributed by atoms with Gasteiger partial charge in [0.25, 0.3) is 5.91 Å². The van der Waals surface area contributed by atoms with Crippen molar-refractivity contribution in [3.05, 3.63) is 70.1 Å². The Bertz CT molecular complexity index is 1080. The maximum absolute atomic E-state index is 13.1. The third-order valence-electron chi connectivity index (χ3n) is 4.38. The van der Waals surface area contributed by atoms with Gasteiger partial charge in [0.05, 0.1) is 27.5 Å². The number of halogens is 2. The van der Waals surface area contributed by atoms with Crippen LogP contribution in [0.15, 0.2) is 42.5 Å². The highest BCUT2D eigenvalue weighted by Gasteiger charge is 2.23. The van der Waals surface area contributed by atoms with E-state index in [2.05, 4.69) is 10.3 Å². The van der Waals surface area contributed by atoms with Crippen LogP contribution in [0, 0.1) is 19.7 Å². The molecule has 1 N–H and O–H groups in total. The van der Waals surface area contributed by atoms with Gasteiger partial charge in [-0.15, -0.1) is 0 Å². The van der Waals surface area contributed by atoms with Crippen LogP contribution in [-0.4, -0.2) is 23.0 Å². The Morgan fingerprint density at radius 1 is 1.18 bits per heavy atom. The summed E-state index contributed by atoms with van der Waals surface area (Å²) in [7, 11) is 0. The molecule has 144 valence electrons. The SMILES string of the molecule is Cc1nc2ccccc2c(C)c1C(=O)OC(C)C(=O)Nc1ccc(F)cc1Cl. The number of aryl methyl sites for hydroxylation is 2. The van der Waals surface area contributed by atoms with Gasteiger partial charge in [-0.05, 0) is 50.6 Å². The van der Waals surface area contributed by atoms with Crippen LogP contribution in [0.2, 0.25) is 5.02 Å². The van der Waals surface area contributed by atoms with Crippen LogP contribution in [0.1, 0.15) is 28.5 Å². The average molecular weight is 401 g/mol. The molecule has 0 fully saturated rings. The molecule has 1 aromatic heterocycles. The highest BCUT2D eigenvalue weighted by molar-refractivity contribution is 6.33. The molecule has 1 heterocycles. The second kappa shape index (κ2) is 7.94. The first kappa shape index (κ1) is 19.8. The minimum Gasteiger partial charge on any atom is -0.449 e. The number of aromatic nitrogens is 1. The van der Waals surface area contributed by atoms with E-state index in [1.165, 1.54) is 19.1 Å². The fourth-order valence-electron chi connectivity index (χ4n) is 2.93. The van der Waals surface area contributed by atoms with E-state index in [1.807, 2.05) is 31.2 Å². The maximum Gasteiger partial charge on any atom is 0.341 e. The van der Waals surface area contributed by atoms with Crippen molar-refractivity contribution in [2.24, 2.45) is 0 Å². The van der Waals surface area contributed by atoms with E-state index >= 15 is 0 Å². The molecule has 5 nitrogen and oxygen atoms in total. The number of hydrogen-bond acceptors (Lipinski definition) is 4. The summed E-state index contributed by atoms with van der Waals surface area (Å²) in [5.74, 6) is -1.73. The van der Waals surface area contributed by atoms with Gasteiger partial charge in [0.2, 0.25) is 0 Å². The molecule has 0 aliphatic carbocycles. The molecule has 2 aromatic carbocycles. The Labute approximate surface area is 166 Å². The van der Waals surface area contributed by atoms with Crippen molar-refractivity contribution in [2.45, 2.75) is 26.9 Å². The van der Waals surface area contributed by atoms with Crippen LogP contribution in [0.4, 0.5) is 10.1 Å². The molecular weight excluding hydrogens is 383 g/mol. The van der Waals surface area contributed by atoms with Crippen LogP contribution < -0.4 is 5.32 Å². The number of hydrogen-bond donors (Lipinski definition) is 1. The van der Waals surface area contributed by atoms with Gasteiger partial charge in [-0.1, -0.05) is 29.8 Å². The zero-order valence-electron chi connectivity index (χ0n) is 15.5. The van der Waals surface area contributed by atoms with Gasteiger partial charge < -0.3 is 10.1 Å². The lowest BCUT2D eigenvalue weighted by Crippen LogP contribution is -2.30. The van der Waals surface area contributed by atoms with Crippen LogP contribution in [0.5, 0.6) is 0 Å². The molecule has 1 unspecified atom stereocenters.